The summed E-state index contributed by atoms with van der Waals surface area (Å²) in [7, 11) is 1.64. The van der Waals surface area contributed by atoms with Crippen LogP contribution >= 0.6 is 24.0 Å². The second kappa shape index (κ2) is 11.7. The normalized spacial score (nSPS) is 10.3. The molecule has 0 radical (unpaired) electrons. The first-order chi connectivity index (χ1) is 13.7. The molecule has 0 saturated heterocycles. The largest absolute Gasteiger partial charge is 0.493 e. The van der Waals surface area contributed by atoms with E-state index in [9.17, 15) is 0 Å². The van der Waals surface area contributed by atoms with Crippen molar-refractivity contribution in [3.63, 3.8) is 0 Å². The molecule has 0 unspecified atom stereocenters. The van der Waals surface area contributed by atoms with E-state index in [0.717, 1.165) is 30.6 Å². The van der Waals surface area contributed by atoms with Gasteiger partial charge in [0.2, 0.25) is 0 Å². The highest BCUT2D eigenvalue weighted by Gasteiger charge is 2.12. The van der Waals surface area contributed by atoms with Crippen molar-refractivity contribution in [2.75, 3.05) is 13.7 Å². The zero-order valence-corrected chi connectivity index (χ0v) is 18.4. The SMILES string of the molecule is COc1cc(CNCCc2ccccc2)cc(Cl)c1OCc1ccc(C)cc1.Cl. The Bertz CT molecular complexity index is 883. The van der Waals surface area contributed by atoms with Crippen molar-refractivity contribution in [1.29, 1.82) is 0 Å². The van der Waals surface area contributed by atoms with Crippen LogP contribution in [0.3, 0.4) is 0 Å². The molecule has 3 rings (SSSR count). The maximum atomic E-state index is 6.48. The summed E-state index contributed by atoms with van der Waals surface area (Å²) < 4.78 is 11.5. The monoisotopic (exact) mass is 431 g/mol. The number of hydrogen-bond acceptors (Lipinski definition) is 3. The summed E-state index contributed by atoms with van der Waals surface area (Å²) in [6.45, 7) is 4.14. The van der Waals surface area contributed by atoms with Crippen LogP contribution in [-0.4, -0.2) is 13.7 Å². The molecular weight excluding hydrogens is 405 g/mol. The lowest BCUT2D eigenvalue weighted by Gasteiger charge is -2.15. The molecule has 3 aromatic carbocycles. The van der Waals surface area contributed by atoms with Gasteiger partial charge in [-0.15, -0.1) is 12.4 Å². The average Bonchev–Trinajstić information content (AvgIpc) is 2.72. The molecule has 0 spiro atoms. The van der Waals surface area contributed by atoms with Gasteiger partial charge in [-0.3, -0.25) is 0 Å². The number of ether oxygens (including phenoxy) is 2. The van der Waals surface area contributed by atoms with Gasteiger partial charge >= 0.3 is 0 Å². The van der Waals surface area contributed by atoms with Crippen molar-refractivity contribution in [2.45, 2.75) is 26.5 Å². The third kappa shape index (κ3) is 6.97. The summed E-state index contributed by atoms with van der Waals surface area (Å²) >= 11 is 6.48. The number of halogens is 2. The number of benzene rings is 3. The van der Waals surface area contributed by atoms with Crippen LogP contribution in [0.1, 0.15) is 22.3 Å². The quantitative estimate of drug-likeness (QED) is 0.422. The molecule has 0 fully saturated rings. The fraction of sp³-hybridized carbons (Fsp3) is 0.250. The van der Waals surface area contributed by atoms with Gasteiger partial charge in [0.1, 0.15) is 6.61 Å². The molecule has 0 atom stereocenters. The van der Waals surface area contributed by atoms with Crippen LogP contribution in [0.5, 0.6) is 11.5 Å². The molecular formula is C24H27Cl2NO2. The Hall–Kier alpha value is -2.20. The van der Waals surface area contributed by atoms with E-state index in [-0.39, 0.29) is 12.4 Å². The van der Waals surface area contributed by atoms with E-state index < -0.39 is 0 Å². The van der Waals surface area contributed by atoms with E-state index in [1.54, 1.807) is 7.11 Å². The van der Waals surface area contributed by atoms with E-state index in [2.05, 4.69) is 60.8 Å². The summed E-state index contributed by atoms with van der Waals surface area (Å²) in [6.07, 6.45) is 0.990. The summed E-state index contributed by atoms with van der Waals surface area (Å²) in [5.41, 5.74) is 4.71. The molecule has 0 aliphatic carbocycles. The van der Waals surface area contributed by atoms with Crippen LogP contribution in [0.4, 0.5) is 0 Å². The van der Waals surface area contributed by atoms with E-state index in [1.165, 1.54) is 11.1 Å². The van der Waals surface area contributed by atoms with Crippen molar-refractivity contribution < 1.29 is 9.47 Å². The van der Waals surface area contributed by atoms with E-state index >= 15 is 0 Å². The molecule has 3 nitrogen and oxygen atoms in total. The highest BCUT2D eigenvalue weighted by Crippen LogP contribution is 2.37. The van der Waals surface area contributed by atoms with E-state index in [4.69, 9.17) is 21.1 Å². The second-order valence-corrected chi connectivity index (χ2v) is 7.20. The first kappa shape index (κ1) is 23.1. The summed E-state index contributed by atoms with van der Waals surface area (Å²) in [4.78, 5) is 0. The number of hydrogen-bond donors (Lipinski definition) is 1. The Labute approximate surface area is 184 Å². The Morgan fingerprint density at radius 3 is 2.31 bits per heavy atom. The van der Waals surface area contributed by atoms with Crippen LogP contribution in [0.15, 0.2) is 66.7 Å². The van der Waals surface area contributed by atoms with Gasteiger partial charge in [-0.05, 0) is 48.7 Å². The minimum absolute atomic E-state index is 0. The van der Waals surface area contributed by atoms with Gasteiger partial charge in [-0.25, -0.2) is 0 Å². The Balaban J connectivity index is 0.00000300. The van der Waals surface area contributed by atoms with Gasteiger partial charge in [0.05, 0.1) is 12.1 Å². The molecule has 0 amide bonds. The van der Waals surface area contributed by atoms with Crippen molar-refractivity contribution in [3.05, 3.63) is 94.0 Å². The fourth-order valence-electron chi connectivity index (χ4n) is 2.97. The molecule has 0 aliphatic rings. The van der Waals surface area contributed by atoms with Crippen molar-refractivity contribution in [1.82, 2.24) is 5.32 Å². The van der Waals surface area contributed by atoms with Crippen LogP contribution in [0.25, 0.3) is 0 Å². The first-order valence-electron chi connectivity index (χ1n) is 9.45. The van der Waals surface area contributed by atoms with Gasteiger partial charge < -0.3 is 14.8 Å². The molecule has 154 valence electrons. The van der Waals surface area contributed by atoms with Crippen molar-refractivity contribution in [3.8, 4) is 11.5 Å². The number of nitrogens with one attached hydrogen (secondary N) is 1. The Morgan fingerprint density at radius 2 is 1.62 bits per heavy atom. The van der Waals surface area contributed by atoms with Crippen LogP contribution in [-0.2, 0) is 19.6 Å². The minimum atomic E-state index is 0. The molecule has 0 bridgehead atoms. The molecule has 5 heteroatoms. The number of methoxy groups -OCH3 is 1. The lowest BCUT2D eigenvalue weighted by Crippen LogP contribution is -2.16. The lowest BCUT2D eigenvalue weighted by molar-refractivity contribution is 0.284. The molecule has 1 N–H and O–H groups in total. The topological polar surface area (TPSA) is 30.5 Å². The molecule has 29 heavy (non-hydrogen) atoms. The van der Waals surface area contributed by atoms with E-state index in [0.29, 0.717) is 23.1 Å². The van der Waals surface area contributed by atoms with Gasteiger partial charge in [0.25, 0.3) is 0 Å². The predicted octanol–water partition coefficient (Wildman–Crippen LogP) is 5.99. The van der Waals surface area contributed by atoms with E-state index in [1.807, 2.05) is 18.2 Å². The zero-order valence-electron chi connectivity index (χ0n) is 16.8. The number of aryl methyl sites for hydroxylation is 1. The predicted molar refractivity (Wildman–Crippen MR) is 123 cm³/mol. The highest BCUT2D eigenvalue weighted by molar-refractivity contribution is 6.32. The second-order valence-electron chi connectivity index (χ2n) is 6.80. The van der Waals surface area contributed by atoms with Crippen molar-refractivity contribution in [2.24, 2.45) is 0 Å². The minimum Gasteiger partial charge on any atom is -0.493 e. The standard InChI is InChI=1S/C24H26ClNO2.ClH/c1-18-8-10-20(11-9-18)17-28-24-22(25)14-21(15-23(24)27-2)16-26-13-12-19-6-4-3-5-7-19;/h3-11,14-15,26H,12-13,16-17H2,1-2H3;1H. The zero-order chi connectivity index (χ0) is 19.8. The van der Waals surface area contributed by atoms with Gasteiger partial charge in [0, 0.05) is 6.54 Å². The van der Waals surface area contributed by atoms with Crippen molar-refractivity contribution >= 4 is 24.0 Å². The van der Waals surface area contributed by atoms with Crippen LogP contribution in [0, 0.1) is 6.92 Å². The summed E-state index contributed by atoms with van der Waals surface area (Å²) in [5, 5.41) is 4.02. The Morgan fingerprint density at radius 1 is 0.897 bits per heavy atom. The maximum Gasteiger partial charge on any atom is 0.180 e. The third-order valence-corrected chi connectivity index (χ3v) is 4.84. The number of rotatable bonds is 9. The van der Waals surface area contributed by atoms with Crippen LogP contribution in [0.2, 0.25) is 5.02 Å². The molecule has 0 heterocycles. The molecule has 0 aromatic heterocycles. The van der Waals surface area contributed by atoms with Crippen LogP contribution < -0.4 is 14.8 Å². The fourth-order valence-corrected chi connectivity index (χ4v) is 3.25. The molecule has 3 aromatic rings. The smallest absolute Gasteiger partial charge is 0.180 e. The van der Waals surface area contributed by atoms with Gasteiger partial charge in [-0.1, -0.05) is 71.8 Å². The Kier molecular flexibility index (Phi) is 9.33. The molecule has 0 saturated carbocycles. The lowest BCUT2D eigenvalue weighted by atomic mass is 10.1. The average molecular weight is 432 g/mol. The third-order valence-electron chi connectivity index (χ3n) is 4.56. The van der Waals surface area contributed by atoms with Gasteiger partial charge in [-0.2, -0.15) is 0 Å². The summed E-state index contributed by atoms with van der Waals surface area (Å²) in [6, 6.07) is 22.6. The maximum absolute atomic E-state index is 6.48. The molecule has 0 aliphatic heterocycles. The van der Waals surface area contributed by atoms with Gasteiger partial charge in [0.15, 0.2) is 11.5 Å². The first-order valence-corrected chi connectivity index (χ1v) is 9.83. The summed E-state index contributed by atoms with van der Waals surface area (Å²) in [5.74, 6) is 1.23. The highest BCUT2D eigenvalue weighted by atomic mass is 35.5.